The van der Waals surface area contributed by atoms with Crippen molar-refractivity contribution in [3.8, 4) is 0 Å². The molecule has 1 aromatic heterocycles. The van der Waals surface area contributed by atoms with E-state index in [0.717, 1.165) is 36.6 Å². The number of ether oxygens (including phenoxy) is 1. The minimum Gasteiger partial charge on any atom is -0.381 e. The summed E-state index contributed by atoms with van der Waals surface area (Å²) in [6, 6.07) is 2.13. The van der Waals surface area contributed by atoms with Gasteiger partial charge in [0, 0.05) is 31.2 Å². The van der Waals surface area contributed by atoms with Gasteiger partial charge in [-0.2, -0.15) is 0 Å². The molecule has 0 saturated carbocycles. The van der Waals surface area contributed by atoms with Gasteiger partial charge in [-0.3, -0.25) is 0 Å². The molecule has 1 saturated heterocycles. The van der Waals surface area contributed by atoms with E-state index in [1.54, 1.807) is 0 Å². The zero-order valence-corrected chi connectivity index (χ0v) is 10.4. The first-order valence-corrected chi connectivity index (χ1v) is 6.57. The van der Waals surface area contributed by atoms with Gasteiger partial charge in [-0.05, 0) is 30.9 Å². The van der Waals surface area contributed by atoms with E-state index in [0.29, 0.717) is 11.8 Å². The highest BCUT2D eigenvalue weighted by atomic mass is 32.2. The molecule has 4 heteroatoms. The predicted octanol–water partition coefficient (Wildman–Crippen LogP) is 2.12. The van der Waals surface area contributed by atoms with Gasteiger partial charge in [-0.15, -0.1) is 11.8 Å². The van der Waals surface area contributed by atoms with E-state index in [4.69, 9.17) is 10.5 Å². The summed E-state index contributed by atoms with van der Waals surface area (Å²) in [5.41, 5.74) is 7.93. The van der Waals surface area contributed by atoms with Gasteiger partial charge in [0.15, 0.2) is 0 Å². The van der Waals surface area contributed by atoms with Gasteiger partial charge in [0.25, 0.3) is 0 Å². The van der Waals surface area contributed by atoms with Crippen LogP contribution in [0.4, 0.5) is 0 Å². The first kappa shape index (κ1) is 11.9. The molecule has 0 radical (unpaired) electrons. The Bertz CT molecular complexity index is 351. The van der Waals surface area contributed by atoms with Gasteiger partial charge < -0.3 is 10.5 Å². The van der Waals surface area contributed by atoms with Gasteiger partial charge in [0.1, 0.15) is 0 Å². The molecule has 2 N–H and O–H groups in total. The molecular weight excluding hydrogens is 220 g/mol. The lowest BCUT2D eigenvalue weighted by atomic mass is 10.2. The fourth-order valence-corrected chi connectivity index (χ4v) is 2.91. The summed E-state index contributed by atoms with van der Waals surface area (Å²) < 4.78 is 5.35. The topological polar surface area (TPSA) is 48.1 Å². The molecule has 0 unspecified atom stereocenters. The third-order valence-corrected chi connectivity index (χ3v) is 4.22. The number of pyridine rings is 1. The van der Waals surface area contributed by atoms with E-state index < -0.39 is 0 Å². The second-order valence-corrected chi connectivity index (χ2v) is 5.39. The lowest BCUT2D eigenvalue weighted by Crippen LogP contribution is -2.17. The van der Waals surface area contributed by atoms with Gasteiger partial charge in [0.05, 0.1) is 5.03 Å². The molecule has 1 aromatic rings. The zero-order chi connectivity index (χ0) is 11.4. The molecule has 2 heterocycles. The van der Waals surface area contributed by atoms with Gasteiger partial charge in [-0.25, -0.2) is 4.98 Å². The second kappa shape index (κ2) is 5.66. The normalized spacial score (nSPS) is 17.6. The average molecular weight is 238 g/mol. The molecule has 1 aliphatic rings. The summed E-state index contributed by atoms with van der Waals surface area (Å²) in [6.45, 7) is 4.44. The Morgan fingerprint density at radius 2 is 2.25 bits per heavy atom. The number of nitrogens with two attached hydrogens (primary N) is 1. The molecule has 88 valence electrons. The van der Waals surface area contributed by atoms with Gasteiger partial charge in [-0.1, -0.05) is 6.07 Å². The van der Waals surface area contributed by atoms with Crippen LogP contribution in [0.2, 0.25) is 0 Å². The highest BCUT2D eigenvalue weighted by Crippen LogP contribution is 2.30. The van der Waals surface area contributed by atoms with Crippen molar-refractivity contribution in [2.75, 3.05) is 13.2 Å². The second-order valence-electron chi connectivity index (χ2n) is 4.10. The van der Waals surface area contributed by atoms with Crippen LogP contribution in [0.25, 0.3) is 0 Å². The van der Waals surface area contributed by atoms with Crippen molar-refractivity contribution < 1.29 is 4.74 Å². The molecule has 2 rings (SSSR count). The summed E-state index contributed by atoms with van der Waals surface area (Å²) in [6.07, 6.45) is 4.14. The number of hydrogen-bond acceptors (Lipinski definition) is 4. The quantitative estimate of drug-likeness (QED) is 0.876. The molecule has 0 aliphatic carbocycles. The molecule has 3 nitrogen and oxygen atoms in total. The van der Waals surface area contributed by atoms with E-state index >= 15 is 0 Å². The summed E-state index contributed by atoms with van der Waals surface area (Å²) >= 11 is 1.88. The molecule has 0 aromatic carbocycles. The monoisotopic (exact) mass is 238 g/mol. The van der Waals surface area contributed by atoms with E-state index in [2.05, 4.69) is 18.0 Å². The van der Waals surface area contributed by atoms with Crippen LogP contribution in [0.15, 0.2) is 17.3 Å². The number of aromatic nitrogens is 1. The Labute approximate surface area is 101 Å². The minimum absolute atomic E-state index is 0.566. The first-order chi connectivity index (χ1) is 7.79. The number of rotatable bonds is 3. The Morgan fingerprint density at radius 1 is 1.50 bits per heavy atom. The lowest BCUT2D eigenvalue weighted by molar-refractivity contribution is 0.1000. The van der Waals surface area contributed by atoms with Crippen molar-refractivity contribution in [1.82, 2.24) is 4.98 Å². The van der Waals surface area contributed by atoms with E-state index in [1.807, 2.05) is 18.0 Å². The number of thioether (sulfide) groups is 1. The van der Waals surface area contributed by atoms with Gasteiger partial charge >= 0.3 is 0 Å². The molecule has 1 fully saturated rings. The van der Waals surface area contributed by atoms with Crippen LogP contribution in [0.5, 0.6) is 0 Å². The molecule has 0 bridgehead atoms. The maximum Gasteiger partial charge on any atom is 0.0991 e. The number of nitrogens with zero attached hydrogens (tertiary/aromatic N) is 1. The van der Waals surface area contributed by atoms with E-state index in [9.17, 15) is 0 Å². The zero-order valence-electron chi connectivity index (χ0n) is 9.61. The fraction of sp³-hybridized carbons (Fsp3) is 0.583. The van der Waals surface area contributed by atoms with Crippen LogP contribution in [-0.4, -0.2) is 23.4 Å². The van der Waals surface area contributed by atoms with Crippen LogP contribution in [0.1, 0.15) is 24.0 Å². The van der Waals surface area contributed by atoms with Crippen LogP contribution in [0, 0.1) is 6.92 Å². The maximum absolute atomic E-state index is 5.59. The first-order valence-electron chi connectivity index (χ1n) is 5.69. The van der Waals surface area contributed by atoms with Crippen LogP contribution < -0.4 is 5.73 Å². The molecule has 16 heavy (non-hydrogen) atoms. The molecular formula is C12H18N2OS. The average Bonchev–Trinajstić information content (AvgIpc) is 2.33. The van der Waals surface area contributed by atoms with Crippen LogP contribution >= 0.6 is 11.8 Å². The molecule has 0 spiro atoms. The Morgan fingerprint density at radius 3 is 2.88 bits per heavy atom. The summed E-state index contributed by atoms with van der Waals surface area (Å²) in [5, 5.41) is 1.80. The Hall–Kier alpha value is -0.580. The highest BCUT2D eigenvalue weighted by molar-refractivity contribution is 7.99. The third-order valence-electron chi connectivity index (χ3n) is 2.77. The largest absolute Gasteiger partial charge is 0.381 e. The van der Waals surface area contributed by atoms with E-state index in [-0.39, 0.29) is 0 Å². The maximum atomic E-state index is 5.59. The SMILES string of the molecule is Cc1cc(CN)cnc1SC1CCOCC1. The molecule has 1 aliphatic heterocycles. The Balaban J connectivity index is 2.03. The predicted molar refractivity (Wildman–Crippen MR) is 66.6 cm³/mol. The smallest absolute Gasteiger partial charge is 0.0991 e. The third kappa shape index (κ3) is 2.97. The number of aryl methyl sites for hydroxylation is 1. The van der Waals surface area contributed by atoms with Crippen molar-refractivity contribution in [2.45, 2.75) is 36.6 Å². The minimum atomic E-state index is 0.566. The molecule has 0 amide bonds. The van der Waals surface area contributed by atoms with Crippen molar-refractivity contribution in [2.24, 2.45) is 5.73 Å². The van der Waals surface area contributed by atoms with Crippen LogP contribution in [0.3, 0.4) is 0 Å². The lowest BCUT2D eigenvalue weighted by Gasteiger charge is -2.21. The van der Waals surface area contributed by atoms with Crippen molar-refractivity contribution in [1.29, 1.82) is 0 Å². The highest BCUT2D eigenvalue weighted by Gasteiger charge is 2.16. The summed E-state index contributed by atoms with van der Waals surface area (Å²) in [4.78, 5) is 4.49. The van der Waals surface area contributed by atoms with Crippen molar-refractivity contribution in [3.05, 3.63) is 23.4 Å². The van der Waals surface area contributed by atoms with Crippen LogP contribution in [-0.2, 0) is 11.3 Å². The molecule has 0 atom stereocenters. The van der Waals surface area contributed by atoms with E-state index in [1.165, 1.54) is 5.56 Å². The fourth-order valence-electron chi connectivity index (χ4n) is 1.81. The summed E-state index contributed by atoms with van der Waals surface area (Å²) in [5.74, 6) is 0. The van der Waals surface area contributed by atoms with Crippen molar-refractivity contribution in [3.63, 3.8) is 0 Å². The Kier molecular flexibility index (Phi) is 4.21. The van der Waals surface area contributed by atoms with Crippen molar-refractivity contribution >= 4 is 11.8 Å². The summed E-state index contributed by atoms with van der Waals surface area (Å²) in [7, 11) is 0. The number of hydrogen-bond donors (Lipinski definition) is 1. The van der Waals surface area contributed by atoms with Gasteiger partial charge in [0.2, 0.25) is 0 Å². The standard InChI is InChI=1S/C12H18N2OS/c1-9-6-10(7-13)8-14-12(9)16-11-2-4-15-5-3-11/h6,8,11H,2-5,7,13H2,1H3.